The number of nitrogens with zero attached hydrogens (tertiary/aromatic N) is 2. The minimum Gasteiger partial charge on any atom is -0.384 e. The fourth-order valence-corrected chi connectivity index (χ4v) is 2.25. The lowest BCUT2D eigenvalue weighted by molar-refractivity contribution is -0.0198. The monoisotopic (exact) mass is 306 g/mol. The van der Waals surface area contributed by atoms with E-state index < -0.39 is 6.10 Å². The molecule has 0 spiro atoms. The van der Waals surface area contributed by atoms with Crippen molar-refractivity contribution in [2.75, 3.05) is 20.8 Å². The van der Waals surface area contributed by atoms with Crippen molar-refractivity contribution in [1.29, 1.82) is 0 Å². The summed E-state index contributed by atoms with van der Waals surface area (Å²) < 4.78 is 12.8. The largest absolute Gasteiger partial charge is 0.384 e. The van der Waals surface area contributed by atoms with Gasteiger partial charge in [0.1, 0.15) is 6.10 Å². The minimum atomic E-state index is -0.696. The number of rotatable bonds is 7. The highest BCUT2D eigenvalue weighted by molar-refractivity contribution is 9.10. The molecule has 0 aliphatic heterocycles. The Balaban J connectivity index is 2.90. The summed E-state index contributed by atoms with van der Waals surface area (Å²) >= 11 is 3.40. The molecule has 6 heteroatoms. The Hall–Kier alpha value is -0.430. The average molecular weight is 307 g/mol. The maximum Gasteiger partial charge on any atom is 0.123 e. The van der Waals surface area contributed by atoms with Crippen LogP contribution in [0.1, 0.15) is 25.1 Å². The lowest BCUT2D eigenvalue weighted by Gasteiger charge is -2.21. The van der Waals surface area contributed by atoms with Crippen LogP contribution in [-0.4, -0.2) is 41.8 Å². The van der Waals surface area contributed by atoms with Crippen LogP contribution in [0, 0.1) is 0 Å². The van der Waals surface area contributed by atoms with Gasteiger partial charge in [-0.2, -0.15) is 5.10 Å². The summed E-state index contributed by atoms with van der Waals surface area (Å²) in [5.74, 6) is 0. The number of aliphatic hydroxyl groups is 1. The van der Waals surface area contributed by atoms with E-state index in [1.54, 1.807) is 25.1 Å². The van der Waals surface area contributed by atoms with E-state index >= 15 is 0 Å². The number of hydrogen-bond acceptors (Lipinski definition) is 4. The number of aliphatic hydroxyl groups excluding tert-OH is 1. The molecule has 5 nitrogen and oxygen atoms in total. The lowest BCUT2D eigenvalue weighted by atomic mass is 10.1. The molecule has 0 fully saturated rings. The first-order chi connectivity index (χ1) is 8.15. The van der Waals surface area contributed by atoms with Crippen LogP contribution in [0.4, 0.5) is 0 Å². The molecule has 0 aliphatic carbocycles. The smallest absolute Gasteiger partial charge is 0.123 e. The van der Waals surface area contributed by atoms with Gasteiger partial charge < -0.3 is 14.6 Å². The summed E-state index contributed by atoms with van der Waals surface area (Å²) in [6.45, 7) is 3.13. The molecule has 1 heterocycles. The summed E-state index contributed by atoms with van der Waals surface area (Å²) in [6, 6.07) is 0. The summed E-state index contributed by atoms with van der Waals surface area (Å²) in [7, 11) is 3.24. The van der Waals surface area contributed by atoms with E-state index in [4.69, 9.17) is 9.47 Å². The van der Waals surface area contributed by atoms with Crippen LogP contribution < -0.4 is 0 Å². The van der Waals surface area contributed by atoms with E-state index in [1.165, 1.54) is 0 Å². The Morgan fingerprint density at radius 2 is 2.24 bits per heavy atom. The molecule has 0 saturated heterocycles. The third-order valence-corrected chi connectivity index (χ3v) is 3.29. The molecule has 1 N–H and O–H groups in total. The fraction of sp³-hybridized carbons (Fsp3) is 0.727. The van der Waals surface area contributed by atoms with Crippen molar-refractivity contribution >= 4 is 15.9 Å². The van der Waals surface area contributed by atoms with Gasteiger partial charge in [0, 0.05) is 14.2 Å². The highest BCUT2D eigenvalue weighted by Crippen LogP contribution is 2.27. The van der Waals surface area contributed by atoms with Gasteiger partial charge in [-0.05, 0) is 22.4 Å². The van der Waals surface area contributed by atoms with Gasteiger partial charge in [-0.15, -0.1) is 0 Å². The zero-order chi connectivity index (χ0) is 12.8. The molecule has 2 atom stereocenters. The average Bonchev–Trinajstić information content (AvgIpc) is 2.69. The zero-order valence-corrected chi connectivity index (χ0v) is 12.0. The van der Waals surface area contributed by atoms with Gasteiger partial charge in [-0.25, -0.2) is 0 Å². The van der Waals surface area contributed by atoms with Gasteiger partial charge in [0.2, 0.25) is 0 Å². The molecule has 0 radical (unpaired) electrons. The zero-order valence-electron chi connectivity index (χ0n) is 10.4. The Bertz CT molecular complexity index is 339. The molecular formula is C11H19BrN2O3. The van der Waals surface area contributed by atoms with Gasteiger partial charge in [0.05, 0.1) is 35.6 Å². The second kappa shape index (κ2) is 7.10. The van der Waals surface area contributed by atoms with E-state index in [2.05, 4.69) is 21.0 Å². The molecule has 0 saturated carbocycles. The molecule has 1 aromatic heterocycles. The summed E-state index contributed by atoms with van der Waals surface area (Å²) in [6.07, 6.45) is 1.49. The summed E-state index contributed by atoms with van der Waals surface area (Å²) in [5.41, 5.74) is 0.732. The fourth-order valence-electron chi connectivity index (χ4n) is 1.72. The lowest BCUT2D eigenvalue weighted by Crippen LogP contribution is -2.24. The highest BCUT2D eigenvalue weighted by atomic mass is 79.9. The molecule has 98 valence electrons. The van der Waals surface area contributed by atoms with Crippen LogP contribution in [0.3, 0.4) is 0 Å². The quantitative estimate of drug-likeness (QED) is 0.834. The molecule has 1 aromatic rings. The van der Waals surface area contributed by atoms with E-state index in [0.717, 1.165) is 16.6 Å². The third kappa shape index (κ3) is 3.51. The predicted octanol–water partition coefficient (Wildman–Crippen LogP) is 1.75. The predicted molar refractivity (Wildman–Crippen MR) is 67.9 cm³/mol. The van der Waals surface area contributed by atoms with Gasteiger partial charge in [0.15, 0.2) is 0 Å². The molecule has 0 amide bonds. The van der Waals surface area contributed by atoms with Crippen LogP contribution in [0.2, 0.25) is 0 Å². The third-order valence-electron chi connectivity index (χ3n) is 2.68. The second-order valence-electron chi connectivity index (χ2n) is 3.72. The first-order valence-corrected chi connectivity index (χ1v) is 6.36. The van der Waals surface area contributed by atoms with Crippen molar-refractivity contribution in [1.82, 2.24) is 9.78 Å². The van der Waals surface area contributed by atoms with Gasteiger partial charge in [0.25, 0.3) is 0 Å². The van der Waals surface area contributed by atoms with E-state index in [9.17, 15) is 5.11 Å². The Morgan fingerprint density at radius 1 is 1.53 bits per heavy atom. The van der Waals surface area contributed by atoms with Crippen LogP contribution in [0.15, 0.2) is 10.7 Å². The van der Waals surface area contributed by atoms with Gasteiger partial charge >= 0.3 is 0 Å². The van der Waals surface area contributed by atoms with Gasteiger partial charge in [-0.3, -0.25) is 4.68 Å². The molecule has 17 heavy (non-hydrogen) atoms. The van der Waals surface area contributed by atoms with Crippen LogP contribution in [0.5, 0.6) is 0 Å². The SMILES string of the molecule is CCC(OC)C(O)c1c(Br)cnn1CCOC. The number of methoxy groups -OCH3 is 2. The molecule has 1 rings (SSSR count). The van der Waals surface area contributed by atoms with Crippen LogP contribution >= 0.6 is 15.9 Å². The van der Waals surface area contributed by atoms with E-state index in [-0.39, 0.29) is 6.10 Å². The maximum atomic E-state index is 10.3. The van der Waals surface area contributed by atoms with Crippen molar-refractivity contribution in [2.24, 2.45) is 0 Å². The molecule has 0 bridgehead atoms. The highest BCUT2D eigenvalue weighted by Gasteiger charge is 2.25. The number of halogens is 1. The number of ether oxygens (including phenoxy) is 2. The topological polar surface area (TPSA) is 56.5 Å². The van der Waals surface area contributed by atoms with E-state index in [0.29, 0.717) is 13.2 Å². The van der Waals surface area contributed by atoms with Crippen molar-refractivity contribution in [3.8, 4) is 0 Å². The standard InChI is InChI=1S/C11H19BrN2O3/c1-4-9(17-3)11(15)10-8(12)7-13-14(10)5-6-16-2/h7,9,11,15H,4-6H2,1-3H3. The molecule has 0 aromatic carbocycles. The minimum absolute atomic E-state index is 0.232. The van der Waals surface area contributed by atoms with Crippen molar-refractivity contribution in [2.45, 2.75) is 32.1 Å². The second-order valence-corrected chi connectivity index (χ2v) is 4.58. The van der Waals surface area contributed by atoms with Crippen LogP contribution in [-0.2, 0) is 16.0 Å². The molecular weight excluding hydrogens is 288 g/mol. The van der Waals surface area contributed by atoms with Crippen LogP contribution in [0.25, 0.3) is 0 Å². The number of hydrogen-bond donors (Lipinski definition) is 1. The Morgan fingerprint density at radius 3 is 2.76 bits per heavy atom. The first-order valence-electron chi connectivity index (χ1n) is 5.56. The normalized spacial score (nSPS) is 14.9. The molecule has 2 unspecified atom stereocenters. The summed E-state index contributed by atoms with van der Waals surface area (Å²) in [5, 5.41) is 14.5. The van der Waals surface area contributed by atoms with E-state index in [1.807, 2.05) is 6.92 Å². The Labute approximate surface area is 110 Å². The van der Waals surface area contributed by atoms with Crippen molar-refractivity contribution in [3.05, 3.63) is 16.4 Å². The number of aromatic nitrogens is 2. The first kappa shape index (κ1) is 14.6. The Kier molecular flexibility index (Phi) is 6.11. The van der Waals surface area contributed by atoms with Gasteiger partial charge in [-0.1, -0.05) is 6.92 Å². The van der Waals surface area contributed by atoms with Crippen molar-refractivity contribution in [3.63, 3.8) is 0 Å². The van der Waals surface area contributed by atoms with Crippen molar-refractivity contribution < 1.29 is 14.6 Å². The summed E-state index contributed by atoms with van der Waals surface area (Å²) in [4.78, 5) is 0. The maximum absolute atomic E-state index is 10.3. The molecule has 0 aliphatic rings.